The minimum Gasteiger partial charge on any atom is -0.493 e. The van der Waals surface area contributed by atoms with Crippen molar-refractivity contribution in [1.29, 1.82) is 0 Å². The molecule has 28 heavy (non-hydrogen) atoms. The minimum atomic E-state index is 0. The molecule has 0 aromatic heterocycles. The average Bonchev–Trinajstić information content (AvgIpc) is 2.72. The monoisotopic (exact) mass is 497 g/mol. The Balaban J connectivity index is 0.00000392. The summed E-state index contributed by atoms with van der Waals surface area (Å²) in [5.74, 6) is 2.83. The lowest BCUT2D eigenvalue weighted by atomic mass is 10.0. The topological polar surface area (TPSA) is 46.1 Å². The van der Waals surface area contributed by atoms with Crippen molar-refractivity contribution >= 4 is 29.9 Å². The number of aliphatic imine (C=N–C) groups is 1. The molecule has 0 radical (unpaired) electrons. The molecule has 0 spiro atoms. The molecule has 2 aromatic rings. The second-order valence-corrected chi connectivity index (χ2v) is 6.60. The summed E-state index contributed by atoms with van der Waals surface area (Å²) >= 11 is 0. The van der Waals surface area contributed by atoms with Crippen molar-refractivity contribution in [2.24, 2.45) is 4.99 Å². The highest BCUT2D eigenvalue weighted by Crippen LogP contribution is 2.27. The van der Waals surface area contributed by atoms with Crippen molar-refractivity contribution in [3.05, 3.63) is 59.7 Å². The molecule has 0 aliphatic heterocycles. The molecule has 0 bridgehead atoms. The normalized spacial score (nSPS) is 12.0. The molecular weight excluding hydrogens is 465 g/mol. The summed E-state index contributed by atoms with van der Waals surface area (Å²) < 4.78 is 10.7. The number of likely N-dealkylation sites (N-methyl/N-ethyl adjacent to an activating group) is 1. The van der Waals surface area contributed by atoms with Gasteiger partial charge < -0.3 is 19.7 Å². The zero-order valence-corrected chi connectivity index (χ0v) is 19.8. The van der Waals surface area contributed by atoms with E-state index in [9.17, 15) is 0 Å². The Morgan fingerprint density at radius 3 is 2.36 bits per heavy atom. The number of guanidine groups is 1. The summed E-state index contributed by atoms with van der Waals surface area (Å²) in [6.45, 7) is 3.92. The van der Waals surface area contributed by atoms with Gasteiger partial charge in [0.05, 0.1) is 14.2 Å². The molecule has 0 aliphatic rings. The summed E-state index contributed by atoms with van der Waals surface area (Å²) in [4.78, 5) is 6.56. The molecule has 1 atom stereocenters. The van der Waals surface area contributed by atoms with Crippen LogP contribution < -0.4 is 14.8 Å². The maximum atomic E-state index is 5.38. The number of ether oxygens (including phenoxy) is 2. The number of benzene rings is 2. The Morgan fingerprint density at radius 2 is 1.75 bits per heavy atom. The third-order valence-corrected chi connectivity index (χ3v) is 4.69. The Bertz CT molecular complexity index is 738. The smallest absolute Gasteiger partial charge is 0.193 e. The van der Waals surface area contributed by atoms with Crippen LogP contribution in [0.3, 0.4) is 0 Å². The van der Waals surface area contributed by atoms with Crippen molar-refractivity contribution in [3.8, 4) is 11.5 Å². The van der Waals surface area contributed by atoms with Crippen molar-refractivity contribution in [1.82, 2.24) is 10.2 Å². The molecule has 2 rings (SSSR count). The van der Waals surface area contributed by atoms with E-state index >= 15 is 0 Å². The first-order chi connectivity index (χ1) is 13.1. The van der Waals surface area contributed by atoms with Gasteiger partial charge in [0, 0.05) is 27.2 Å². The predicted molar refractivity (Wildman–Crippen MR) is 128 cm³/mol. The number of nitrogens with one attached hydrogen (secondary N) is 1. The van der Waals surface area contributed by atoms with Gasteiger partial charge in [-0.3, -0.25) is 4.99 Å². The summed E-state index contributed by atoms with van der Waals surface area (Å²) in [6, 6.07) is 16.6. The maximum Gasteiger partial charge on any atom is 0.193 e. The zero-order chi connectivity index (χ0) is 19.6. The SMILES string of the molecule is CN=C(NCC(C)c1ccccc1)N(C)CCc1ccc(OC)c(OC)c1.I. The van der Waals surface area contributed by atoms with E-state index in [1.165, 1.54) is 11.1 Å². The first-order valence-electron chi connectivity index (χ1n) is 9.26. The Kier molecular flexibility index (Phi) is 10.7. The van der Waals surface area contributed by atoms with Gasteiger partial charge in [0.1, 0.15) is 0 Å². The molecule has 2 aromatic carbocycles. The van der Waals surface area contributed by atoms with Gasteiger partial charge in [-0.25, -0.2) is 0 Å². The van der Waals surface area contributed by atoms with E-state index in [0.717, 1.165) is 37.0 Å². The molecule has 1 N–H and O–H groups in total. The number of nitrogens with zero attached hydrogens (tertiary/aromatic N) is 2. The maximum absolute atomic E-state index is 5.38. The third kappa shape index (κ3) is 6.89. The molecule has 5 nitrogen and oxygen atoms in total. The van der Waals surface area contributed by atoms with Crippen LogP contribution in [0.1, 0.15) is 24.0 Å². The highest BCUT2D eigenvalue weighted by molar-refractivity contribution is 14.0. The van der Waals surface area contributed by atoms with Crippen molar-refractivity contribution in [3.63, 3.8) is 0 Å². The van der Waals surface area contributed by atoms with E-state index in [-0.39, 0.29) is 24.0 Å². The van der Waals surface area contributed by atoms with E-state index < -0.39 is 0 Å². The zero-order valence-electron chi connectivity index (χ0n) is 17.4. The molecule has 0 heterocycles. The van der Waals surface area contributed by atoms with Crippen LogP contribution in [0.5, 0.6) is 11.5 Å². The molecule has 1 unspecified atom stereocenters. The van der Waals surface area contributed by atoms with Gasteiger partial charge in [-0.05, 0) is 35.6 Å². The number of halogens is 1. The van der Waals surface area contributed by atoms with Gasteiger partial charge in [-0.1, -0.05) is 43.3 Å². The van der Waals surface area contributed by atoms with Crippen LogP contribution in [-0.2, 0) is 6.42 Å². The highest BCUT2D eigenvalue weighted by atomic mass is 127. The van der Waals surface area contributed by atoms with Gasteiger partial charge in [-0.2, -0.15) is 0 Å². The van der Waals surface area contributed by atoms with Crippen LogP contribution in [0.2, 0.25) is 0 Å². The molecule has 0 saturated heterocycles. The molecular formula is C22H32IN3O2. The van der Waals surface area contributed by atoms with Crippen LogP contribution in [0.15, 0.2) is 53.5 Å². The number of rotatable bonds is 8. The van der Waals surface area contributed by atoms with Gasteiger partial charge in [-0.15, -0.1) is 24.0 Å². The van der Waals surface area contributed by atoms with Gasteiger partial charge in [0.25, 0.3) is 0 Å². The van der Waals surface area contributed by atoms with Crippen LogP contribution in [-0.4, -0.2) is 52.3 Å². The summed E-state index contributed by atoms with van der Waals surface area (Å²) in [5, 5.41) is 3.48. The lowest BCUT2D eigenvalue weighted by Crippen LogP contribution is -2.41. The number of hydrogen-bond donors (Lipinski definition) is 1. The molecule has 0 amide bonds. The van der Waals surface area contributed by atoms with Gasteiger partial charge in [0.15, 0.2) is 17.5 Å². The van der Waals surface area contributed by atoms with Crippen molar-refractivity contribution in [2.45, 2.75) is 19.3 Å². The lowest BCUT2D eigenvalue weighted by molar-refractivity contribution is 0.354. The first kappa shape index (κ1) is 24.1. The fraction of sp³-hybridized carbons (Fsp3) is 0.409. The molecule has 0 aliphatic carbocycles. The summed E-state index contributed by atoms with van der Waals surface area (Å²) in [7, 11) is 7.19. The van der Waals surface area contributed by atoms with Crippen LogP contribution in [0.4, 0.5) is 0 Å². The van der Waals surface area contributed by atoms with E-state index in [4.69, 9.17) is 9.47 Å². The Morgan fingerprint density at radius 1 is 1.07 bits per heavy atom. The lowest BCUT2D eigenvalue weighted by Gasteiger charge is -2.24. The molecule has 0 saturated carbocycles. The third-order valence-electron chi connectivity index (χ3n) is 4.69. The number of hydrogen-bond acceptors (Lipinski definition) is 3. The van der Waals surface area contributed by atoms with Crippen molar-refractivity contribution < 1.29 is 9.47 Å². The molecule has 6 heteroatoms. The van der Waals surface area contributed by atoms with Crippen molar-refractivity contribution in [2.75, 3.05) is 41.4 Å². The summed E-state index contributed by atoms with van der Waals surface area (Å²) in [6.07, 6.45) is 0.895. The Labute approximate surface area is 186 Å². The Hall–Kier alpha value is -1.96. The van der Waals surface area contributed by atoms with E-state index in [0.29, 0.717) is 5.92 Å². The standard InChI is InChI=1S/C22H31N3O2.HI/c1-17(19-9-7-6-8-10-19)16-24-22(23-2)25(3)14-13-18-11-12-20(26-4)21(15-18)27-5;/h6-12,15,17H,13-14,16H2,1-5H3,(H,23,24);1H. The quantitative estimate of drug-likeness (QED) is 0.338. The highest BCUT2D eigenvalue weighted by Gasteiger charge is 2.10. The summed E-state index contributed by atoms with van der Waals surface area (Å²) in [5.41, 5.74) is 2.53. The van der Waals surface area contributed by atoms with Gasteiger partial charge >= 0.3 is 0 Å². The second-order valence-electron chi connectivity index (χ2n) is 6.60. The number of methoxy groups -OCH3 is 2. The van der Waals surface area contributed by atoms with Gasteiger partial charge in [0.2, 0.25) is 0 Å². The average molecular weight is 497 g/mol. The van der Waals surface area contributed by atoms with E-state index in [1.807, 2.05) is 25.2 Å². The fourth-order valence-electron chi connectivity index (χ4n) is 2.97. The van der Waals surface area contributed by atoms with E-state index in [1.54, 1.807) is 14.2 Å². The molecule has 154 valence electrons. The van der Waals surface area contributed by atoms with Crippen LogP contribution in [0, 0.1) is 0 Å². The van der Waals surface area contributed by atoms with E-state index in [2.05, 4.69) is 59.5 Å². The predicted octanol–water partition coefficient (Wildman–Crippen LogP) is 4.18. The second kappa shape index (κ2) is 12.5. The minimum absolute atomic E-state index is 0. The van der Waals surface area contributed by atoms with Crippen LogP contribution in [0.25, 0.3) is 0 Å². The largest absolute Gasteiger partial charge is 0.493 e. The van der Waals surface area contributed by atoms with Crippen LogP contribution >= 0.6 is 24.0 Å². The fourth-order valence-corrected chi connectivity index (χ4v) is 2.97. The molecule has 0 fully saturated rings. The first-order valence-corrected chi connectivity index (χ1v) is 9.26.